The molecule has 0 spiro atoms. The molecule has 3 aromatic rings. The van der Waals surface area contributed by atoms with Crippen LogP contribution >= 0.6 is 12.2 Å². The third-order valence-electron chi connectivity index (χ3n) is 5.13. The first-order chi connectivity index (χ1) is 14.9. The van der Waals surface area contributed by atoms with Gasteiger partial charge in [-0.25, -0.2) is 4.39 Å². The van der Waals surface area contributed by atoms with Gasteiger partial charge in [-0.15, -0.1) is 0 Å². The van der Waals surface area contributed by atoms with Gasteiger partial charge in [-0.1, -0.05) is 18.2 Å². The Balaban J connectivity index is 1.87. The molecule has 3 rings (SSSR count). The number of pyridine rings is 1. The fourth-order valence-corrected chi connectivity index (χ4v) is 3.80. The monoisotopic (exact) mass is 441 g/mol. The summed E-state index contributed by atoms with van der Waals surface area (Å²) in [6.07, 6.45) is 0.816. The first-order valence-corrected chi connectivity index (χ1v) is 10.7. The van der Waals surface area contributed by atoms with Crippen LogP contribution in [0.1, 0.15) is 28.7 Å². The SMILES string of the molecule is COCCCNC(=S)N(Cc1ccc(F)cc1)Cc1cc2c(C)cc(C)cc2[nH]c1=O. The molecule has 31 heavy (non-hydrogen) atoms. The highest BCUT2D eigenvalue weighted by Crippen LogP contribution is 2.19. The van der Waals surface area contributed by atoms with E-state index in [2.05, 4.69) is 16.4 Å². The van der Waals surface area contributed by atoms with E-state index >= 15 is 0 Å². The quantitative estimate of drug-likeness (QED) is 0.405. The number of aromatic amines is 1. The van der Waals surface area contributed by atoms with Gasteiger partial charge >= 0.3 is 0 Å². The van der Waals surface area contributed by atoms with Crippen molar-refractivity contribution in [1.82, 2.24) is 15.2 Å². The van der Waals surface area contributed by atoms with E-state index in [0.29, 0.717) is 36.9 Å². The lowest BCUT2D eigenvalue weighted by molar-refractivity contribution is 0.195. The van der Waals surface area contributed by atoms with Crippen molar-refractivity contribution in [3.05, 3.63) is 80.9 Å². The van der Waals surface area contributed by atoms with Gasteiger partial charge in [-0.2, -0.15) is 0 Å². The van der Waals surface area contributed by atoms with Gasteiger partial charge in [0.2, 0.25) is 0 Å². The molecule has 2 aromatic carbocycles. The topological polar surface area (TPSA) is 57.4 Å². The van der Waals surface area contributed by atoms with Crippen molar-refractivity contribution in [2.45, 2.75) is 33.4 Å². The van der Waals surface area contributed by atoms with E-state index in [9.17, 15) is 9.18 Å². The maximum atomic E-state index is 13.3. The Morgan fingerprint density at radius 1 is 1.16 bits per heavy atom. The minimum atomic E-state index is -0.285. The number of ether oxygens (including phenoxy) is 1. The second-order valence-corrected chi connectivity index (χ2v) is 8.11. The summed E-state index contributed by atoms with van der Waals surface area (Å²) in [5.74, 6) is -0.285. The lowest BCUT2D eigenvalue weighted by Crippen LogP contribution is -2.40. The first-order valence-electron chi connectivity index (χ1n) is 10.3. The second kappa shape index (κ2) is 10.5. The molecule has 0 fully saturated rings. The van der Waals surface area contributed by atoms with Gasteiger partial charge in [-0.3, -0.25) is 4.79 Å². The molecule has 0 unspecified atom stereocenters. The van der Waals surface area contributed by atoms with Crippen LogP contribution in [-0.2, 0) is 17.8 Å². The van der Waals surface area contributed by atoms with Crippen LogP contribution in [0.15, 0.2) is 47.3 Å². The van der Waals surface area contributed by atoms with E-state index in [1.165, 1.54) is 12.1 Å². The highest BCUT2D eigenvalue weighted by atomic mass is 32.1. The summed E-state index contributed by atoms with van der Waals surface area (Å²) in [6, 6.07) is 12.3. The lowest BCUT2D eigenvalue weighted by atomic mass is 10.0. The van der Waals surface area contributed by atoms with Crippen LogP contribution in [0.5, 0.6) is 0 Å². The molecule has 0 bridgehead atoms. The van der Waals surface area contributed by atoms with Crippen LogP contribution in [0.2, 0.25) is 0 Å². The van der Waals surface area contributed by atoms with Crippen LogP contribution in [0.4, 0.5) is 4.39 Å². The number of H-pyrrole nitrogens is 1. The van der Waals surface area contributed by atoms with Gasteiger partial charge in [0.1, 0.15) is 5.82 Å². The van der Waals surface area contributed by atoms with Crippen molar-refractivity contribution in [2.24, 2.45) is 0 Å². The van der Waals surface area contributed by atoms with Crippen molar-refractivity contribution in [3.8, 4) is 0 Å². The Kier molecular flexibility index (Phi) is 7.76. The van der Waals surface area contributed by atoms with Crippen LogP contribution in [0.25, 0.3) is 10.9 Å². The zero-order valence-corrected chi connectivity index (χ0v) is 18.9. The minimum absolute atomic E-state index is 0.135. The standard InChI is InChI=1S/C24H28FN3O2S/c1-16-11-17(2)21-13-19(23(29)27-22(21)12-16)15-28(24(31)26-9-4-10-30-3)14-18-5-7-20(25)8-6-18/h5-8,11-13H,4,9-10,14-15H2,1-3H3,(H,26,31)(H,27,29). The maximum Gasteiger partial charge on any atom is 0.253 e. The predicted molar refractivity (Wildman–Crippen MR) is 127 cm³/mol. The van der Waals surface area contributed by atoms with E-state index in [1.807, 2.05) is 30.9 Å². The molecular formula is C24H28FN3O2S. The maximum absolute atomic E-state index is 13.3. The van der Waals surface area contributed by atoms with Gasteiger partial charge in [0.15, 0.2) is 5.11 Å². The van der Waals surface area contributed by atoms with Gasteiger partial charge in [0, 0.05) is 43.3 Å². The summed E-state index contributed by atoms with van der Waals surface area (Å²) in [7, 11) is 1.66. The third kappa shape index (κ3) is 6.12. The number of aromatic nitrogens is 1. The zero-order chi connectivity index (χ0) is 22.4. The summed E-state index contributed by atoms with van der Waals surface area (Å²) in [5, 5.41) is 4.79. The Bertz CT molecular complexity index is 1110. The van der Waals surface area contributed by atoms with Crippen LogP contribution in [0, 0.1) is 19.7 Å². The number of nitrogens with one attached hydrogen (secondary N) is 2. The Hall–Kier alpha value is -2.77. The van der Waals surface area contributed by atoms with E-state index in [4.69, 9.17) is 17.0 Å². The largest absolute Gasteiger partial charge is 0.385 e. The fourth-order valence-electron chi connectivity index (χ4n) is 3.57. The molecule has 5 nitrogen and oxygen atoms in total. The lowest BCUT2D eigenvalue weighted by Gasteiger charge is -2.26. The van der Waals surface area contributed by atoms with Crippen LogP contribution in [0.3, 0.4) is 0 Å². The summed E-state index contributed by atoms with van der Waals surface area (Å²) in [6.45, 7) is 6.15. The van der Waals surface area contributed by atoms with Crippen molar-refractivity contribution in [1.29, 1.82) is 0 Å². The summed E-state index contributed by atoms with van der Waals surface area (Å²) < 4.78 is 18.4. The molecule has 0 amide bonds. The first kappa shape index (κ1) is 22.9. The van der Waals surface area contributed by atoms with Gasteiger partial charge in [-0.05, 0) is 73.4 Å². The molecule has 1 aromatic heterocycles. The summed E-state index contributed by atoms with van der Waals surface area (Å²) in [5.41, 5.74) is 4.44. The van der Waals surface area contributed by atoms with Gasteiger partial charge in [0.25, 0.3) is 5.56 Å². The molecule has 2 N–H and O–H groups in total. The molecule has 7 heteroatoms. The molecule has 164 valence electrons. The van der Waals surface area contributed by atoms with Crippen molar-refractivity contribution >= 4 is 28.2 Å². The molecule has 0 saturated carbocycles. The number of hydrogen-bond acceptors (Lipinski definition) is 3. The average molecular weight is 442 g/mol. The molecule has 1 heterocycles. The number of rotatable bonds is 8. The number of halogens is 1. The fraction of sp³-hybridized carbons (Fsp3) is 0.333. The minimum Gasteiger partial charge on any atom is -0.385 e. The number of nitrogens with zero attached hydrogens (tertiary/aromatic N) is 1. The Labute approximate surface area is 187 Å². The third-order valence-corrected chi connectivity index (χ3v) is 5.53. The Morgan fingerprint density at radius 2 is 1.90 bits per heavy atom. The van der Waals surface area contributed by atoms with E-state index in [1.54, 1.807) is 19.2 Å². The van der Waals surface area contributed by atoms with E-state index in [-0.39, 0.29) is 11.4 Å². The van der Waals surface area contributed by atoms with E-state index < -0.39 is 0 Å². The number of benzene rings is 2. The summed E-state index contributed by atoms with van der Waals surface area (Å²) >= 11 is 5.62. The Morgan fingerprint density at radius 3 is 2.61 bits per heavy atom. The van der Waals surface area contributed by atoms with Crippen molar-refractivity contribution in [3.63, 3.8) is 0 Å². The molecule has 0 saturated heterocycles. The second-order valence-electron chi connectivity index (χ2n) is 7.73. The number of thiocarbonyl (C=S) groups is 1. The molecule has 0 aliphatic heterocycles. The highest BCUT2D eigenvalue weighted by molar-refractivity contribution is 7.80. The van der Waals surface area contributed by atoms with Gasteiger partial charge in [0.05, 0.1) is 6.54 Å². The van der Waals surface area contributed by atoms with Crippen molar-refractivity contribution < 1.29 is 9.13 Å². The zero-order valence-electron chi connectivity index (χ0n) is 18.1. The van der Waals surface area contributed by atoms with E-state index in [0.717, 1.165) is 34.0 Å². The molecular weight excluding hydrogens is 413 g/mol. The number of hydrogen-bond donors (Lipinski definition) is 2. The normalized spacial score (nSPS) is 11.0. The van der Waals surface area contributed by atoms with Gasteiger partial charge < -0.3 is 19.9 Å². The molecule has 0 aliphatic carbocycles. The number of aryl methyl sites for hydroxylation is 2. The number of methoxy groups -OCH3 is 1. The number of fused-ring (bicyclic) bond motifs is 1. The van der Waals surface area contributed by atoms with Crippen molar-refractivity contribution in [2.75, 3.05) is 20.3 Å². The average Bonchev–Trinajstić information content (AvgIpc) is 2.73. The van der Waals surface area contributed by atoms with Crippen LogP contribution < -0.4 is 10.9 Å². The molecule has 0 aliphatic rings. The molecule has 0 radical (unpaired) electrons. The smallest absolute Gasteiger partial charge is 0.253 e. The predicted octanol–water partition coefficient (Wildman–Crippen LogP) is 4.20. The molecule has 0 atom stereocenters. The van der Waals surface area contributed by atoms with Crippen LogP contribution in [-0.4, -0.2) is 35.3 Å². The highest BCUT2D eigenvalue weighted by Gasteiger charge is 2.15. The summed E-state index contributed by atoms with van der Waals surface area (Å²) in [4.78, 5) is 17.7.